The summed E-state index contributed by atoms with van der Waals surface area (Å²) in [6.07, 6.45) is 11.8. The second-order valence-electron chi connectivity index (χ2n) is 18.0. The van der Waals surface area contributed by atoms with E-state index in [1.807, 2.05) is 0 Å². The third-order valence-electron chi connectivity index (χ3n) is 11.9. The van der Waals surface area contributed by atoms with Crippen LogP contribution in [-0.4, -0.2) is 154 Å². The zero-order valence-electron chi connectivity index (χ0n) is 42.6. The fourth-order valence-electron chi connectivity index (χ4n) is 7.36. The van der Waals surface area contributed by atoms with Crippen LogP contribution in [0.1, 0.15) is 141 Å². The number of nitrogens with zero attached hydrogens (tertiary/aromatic N) is 4. The number of amides is 7. The molecule has 0 aromatic rings. The zero-order valence-corrected chi connectivity index (χ0v) is 42.6. The number of rotatable bonds is 46. The summed E-state index contributed by atoms with van der Waals surface area (Å²) in [5.41, 5.74) is 55.2. The molecular weight excluding hydrogens is 917 g/mol. The summed E-state index contributed by atoms with van der Waals surface area (Å²) < 4.78 is 0. The van der Waals surface area contributed by atoms with Crippen LogP contribution < -0.4 is 77.8 Å². The van der Waals surface area contributed by atoms with Crippen molar-refractivity contribution < 1.29 is 33.6 Å². The number of azide groups is 1. The monoisotopic (exact) mass is 1010 g/mol. The summed E-state index contributed by atoms with van der Waals surface area (Å²) in [6, 6.07) is -4.93. The number of carbonyl (C=O) groups is 7. The predicted octanol–water partition coefficient (Wildman–Crippen LogP) is -1.71. The number of hydrogen-bond acceptors (Lipinski definition) is 16. The first-order chi connectivity index (χ1) is 34.2. The van der Waals surface area contributed by atoms with E-state index in [1.54, 1.807) is 0 Å². The van der Waals surface area contributed by atoms with Crippen molar-refractivity contribution in [3.63, 3.8) is 0 Å². The molecule has 0 saturated heterocycles. The maximum atomic E-state index is 13.7. The molecule has 25 nitrogen and oxygen atoms in total. The molecule has 6 unspecified atom stereocenters. The van der Waals surface area contributed by atoms with Crippen LogP contribution in [0, 0.1) is 0 Å². The third kappa shape index (κ3) is 34.3. The highest BCUT2D eigenvalue weighted by atomic mass is 16.2. The Hall–Kier alpha value is -4.72. The molecule has 0 aliphatic rings. The Balaban J connectivity index is 5.88. The Morgan fingerprint density at radius 1 is 0.423 bits per heavy atom. The van der Waals surface area contributed by atoms with E-state index in [1.165, 1.54) is 4.90 Å². The lowest BCUT2D eigenvalue weighted by molar-refractivity contribution is -0.133. The quantitative estimate of drug-likeness (QED) is 0.0140. The van der Waals surface area contributed by atoms with Crippen LogP contribution in [0.15, 0.2) is 5.11 Å². The minimum Gasteiger partial charge on any atom is -0.355 e. The maximum absolute atomic E-state index is 13.7. The highest BCUT2D eigenvalue weighted by molar-refractivity contribution is 5.90. The first-order valence-electron chi connectivity index (χ1n) is 26.0. The topological polar surface area (TPSA) is 452 Å². The van der Waals surface area contributed by atoms with Crippen molar-refractivity contribution in [2.24, 2.45) is 51.0 Å². The van der Waals surface area contributed by atoms with Crippen LogP contribution in [0.5, 0.6) is 0 Å². The fourth-order valence-corrected chi connectivity index (χ4v) is 7.36. The van der Waals surface area contributed by atoms with Crippen LogP contribution in [0.25, 0.3) is 10.4 Å². The van der Waals surface area contributed by atoms with Gasteiger partial charge < -0.3 is 82.7 Å². The van der Waals surface area contributed by atoms with Gasteiger partial charge in [-0.1, -0.05) is 37.2 Å². The van der Waals surface area contributed by atoms with Crippen LogP contribution >= 0.6 is 0 Å². The van der Waals surface area contributed by atoms with E-state index in [0.29, 0.717) is 142 Å². The number of unbranched alkanes of at least 4 members (excludes halogenated alkanes) is 8. The molecule has 0 aromatic heterocycles. The van der Waals surface area contributed by atoms with Gasteiger partial charge in [-0.2, -0.15) is 0 Å². The van der Waals surface area contributed by atoms with Crippen molar-refractivity contribution in [2.75, 3.05) is 72.0 Å². The molecule has 0 fully saturated rings. The Bertz CT molecular complexity index is 1450. The van der Waals surface area contributed by atoms with Gasteiger partial charge in [0.15, 0.2) is 0 Å². The van der Waals surface area contributed by atoms with Crippen LogP contribution in [0.4, 0.5) is 0 Å². The number of hydrogen-bond donors (Lipinski definition) is 14. The Kier molecular flexibility index (Phi) is 41.1. The first kappa shape index (κ1) is 66.3. The molecule has 25 heteroatoms. The molecule has 71 heavy (non-hydrogen) atoms. The first-order valence-corrected chi connectivity index (χ1v) is 26.0. The lowest BCUT2D eigenvalue weighted by atomic mass is 10.1. The molecule has 0 aromatic carbocycles. The summed E-state index contributed by atoms with van der Waals surface area (Å²) in [4.78, 5) is 96.3. The van der Waals surface area contributed by atoms with Crippen molar-refractivity contribution in [3.8, 4) is 0 Å². The van der Waals surface area contributed by atoms with Gasteiger partial charge in [-0.25, -0.2) is 0 Å². The predicted molar refractivity (Wildman–Crippen MR) is 276 cm³/mol. The van der Waals surface area contributed by atoms with Gasteiger partial charge in [0, 0.05) is 57.1 Å². The fraction of sp³-hybridized carbons (Fsp3) is 0.848. The molecule has 0 radical (unpaired) electrons. The summed E-state index contributed by atoms with van der Waals surface area (Å²) in [5, 5.41) is 20.4. The van der Waals surface area contributed by atoms with Gasteiger partial charge in [0.1, 0.15) is 12.1 Å². The van der Waals surface area contributed by atoms with E-state index in [2.05, 4.69) is 41.9 Å². The normalized spacial score (nSPS) is 13.6. The van der Waals surface area contributed by atoms with Gasteiger partial charge in [-0.15, -0.1) is 0 Å². The zero-order chi connectivity index (χ0) is 53.1. The lowest BCUT2D eigenvalue weighted by Crippen LogP contribution is -2.53. The molecule has 6 atom stereocenters. The molecule has 0 spiro atoms. The molecule has 22 N–H and O–H groups in total. The molecule has 0 heterocycles. The van der Waals surface area contributed by atoms with Crippen LogP contribution in [-0.2, 0) is 33.6 Å². The van der Waals surface area contributed by atoms with E-state index in [9.17, 15) is 33.6 Å². The second kappa shape index (κ2) is 44.0. The van der Waals surface area contributed by atoms with E-state index >= 15 is 0 Å². The summed E-state index contributed by atoms with van der Waals surface area (Å²) >= 11 is 0. The average Bonchev–Trinajstić information content (AvgIpc) is 3.35. The lowest BCUT2D eigenvalue weighted by Gasteiger charge is -2.26. The molecule has 0 bridgehead atoms. The molecule has 0 saturated carbocycles. The molecule has 0 aliphatic carbocycles. The third-order valence-corrected chi connectivity index (χ3v) is 11.9. The van der Waals surface area contributed by atoms with Gasteiger partial charge in [0.25, 0.3) is 0 Å². The highest BCUT2D eigenvalue weighted by Crippen LogP contribution is 2.09. The molecular formula is C46H94N18O7. The molecule has 7 amide bonds. The van der Waals surface area contributed by atoms with Crippen LogP contribution in [0.2, 0.25) is 0 Å². The number of carbonyl (C=O) groups excluding carboxylic acids is 7. The van der Waals surface area contributed by atoms with Gasteiger partial charge in [0.05, 0.1) is 24.2 Å². The maximum Gasteiger partial charge on any atom is 0.242 e. The Labute approximate surface area is 421 Å². The molecule has 0 rings (SSSR count). The summed E-state index contributed by atoms with van der Waals surface area (Å²) in [5.74, 6) is -2.73. The minimum absolute atomic E-state index is 0.0122. The van der Waals surface area contributed by atoms with Crippen molar-refractivity contribution >= 4 is 41.4 Å². The van der Waals surface area contributed by atoms with E-state index in [-0.39, 0.29) is 63.2 Å². The molecule has 0 aliphatic heterocycles. The smallest absolute Gasteiger partial charge is 0.242 e. The second-order valence-corrected chi connectivity index (χ2v) is 18.0. The van der Waals surface area contributed by atoms with Crippen LogP contribution in [0.3, 0.4) is 0 Å². The number of nitrogens with two attached hydrogens (primary N) is 8. The largest absolute Gasteiger partial charge is 0.355 e. The minimum atomic E-state index is -0.960. The SMILES string of the molecule is [N-]=[N+]=NCCCCCC(=O)N(CCNC(=O)C(CCCCNC(=O)C(N)CCCCN)NC(=O)C(N)CCCCN)CCNC(=O)C(CCCCNC(=O)C(N)CCCCN)NC(=O)C(N)CCCCN. The van der Waals surface area contributed by atoms with E-state index in [4.69, 9.17) is 51.4 Å². The van der Waals surface area contributed by atoms with Crippen molar-refractivity contribution in [1.29, 1.82) is 0 Å². The Morgan fingerprint density at radius 2 is 0.775 bits per heavy atom. The van der Waals surface area contributed by atoms with Gasteiger partial charge in [-0.3, -0.25) is 33.6 Å². The van der Waals surface area contributed by atoms with E-state index < -0.39 is 59.9 Å². The Morgan fingerprint density at radius 3 is 1.14 bits per heavy atom. The average molecular weight is 1010 g/mol. The van der Waals surface area contributed by atoms with Gasteiger partial charge in [-0.05, 0) is 134 Å². The summed E-state index contributed by atoms with van der Waals surface area (Å²) in [6.45, 7) is 3.07. The standard InChI is InChI=1S/C46H94N18O7/c47-23-9-3-16-34(51)41(66)56-27-14-7-20-38(61-43(68)36(53)18-5-11-25-49)45(70)58-30-32-64(40(65)22-2-1-13-29-60-63-55)33-31-59-46(71)39(62-44(69)37(54)19-6-12-26-50)21-8-15-28-57-42(67)35(52)17-4-10-24-48/h34-39H,1-33,47-54H2,(H,56,66)(H,57,67)(H,58,70)(H,59,71)(H,61,68)(H,62,69). The van der Waals surface area contributed by atoms with Gasteiger partial charge in [0.2, 0.25) is 41.4 Å². The van der Waals surface area contributed by atoms with Crippen molar-refractivity contribution in [2.45, 2.75) is 178 Å². The van der Waals surface area contributed by atoms with E-state index in [0.717, 1.165) is 25.7 Å². The highest BCUT2D eigenvalue weighted by Gasteiger charge is 2.26. The van der Waals surface area contributed by atoms with Gasteiger partial charge >= 0.3 is 0 Å². The van der Waals surface area contributed by atoms with Crippen molar-refractivity contribution in [1.82, 2.24) is 36.8 Å². The number of nitrogens with one attached hydrogen (secondary N) is 6. The summed E-state index contributed by atoms with van der Waals surface area (Å²) in [7, 11) is 0. The molecule has 410 valence electrons. The van der Waals surface area contributed by atoms with Crippen molar-refractivity contribution in [3.05, 3.63) is 10.4 Å².